The van der Waals surface area contributed by atoms with E-state index < -0.39 is 0 Å². The smallest absolute Gasteiger partial charge is 0.191 e. The van der Waals surface area contributed by atoms with Crippen LogP contribution in [-0.2, 0) is 11.2 Å². The fourth-order valence-corrected chi connectivity index (χ4v) is 2.97. The quantitative estimate of drug-likeness (QED) is 0.595. The van der Waals surface area contributed by atoms with E-state index in [0.717, 1.165) is 50.7 Å². The molecule has 0 aromatic heterocycles. The van der Waals surface area contributed by atoms with Crippen molar-refractivity contribution in [3.8, 4) is 5.75 Å². The first-order valence-corrected chi connectivity index (χ1v) is 8.86. The maximum absolute atomic E-state index is 5.81. The second-order valence-electron chi connectivity index (χ2n) is 6.59. The van der Waals surface area contributed by atoms with E-state index in [1.54, 1.807) is 7.11 Å². The van der Waals surface area contributed by atoms with E-state index in [1.165, 1.54) is 11.1 Å². The molecular weight excluding hydrogens is 302 g/mol. The van der Waals surface area contributed by atoms with E-state index in [2.05, 4.69) is 43.5 Å². The van der Waals surface area contributed by atoms with Crippen LogP contribution in [0.2, 0.25) is 0 Å². The third-order valence-corrected chi connectivity index (χ3v) is 4.34. The number of ether oxygens (including phenoxy) is 2. The Kier molecular flexibility index (Phi) is 6.91. The molecule has 0 aliphatic carbocycles. The van der Waals surface area contributed by atoms with Crippen molar-refractivity contribution in [3.63, 3.8) is 0 Å². The fraction of sp³-hybridized carbons (Fsp3) is 0.632. The number of nitrogens with zero attached hydrogens (tertiary/aromatic N) is 1. The molecule has 2 rings (SSSR count). The summed E-state index contributed by atoms with van der Waals surface area (Å²) in [6.07, 6.45) is 3.10. The zero-order chi connectivity index (χ0) is 17.4. The van der Waals surface area contributed by atoms with Gasteiger partial charge in [-0.05, 0) is 51.7 Å². The van der Waals surface area contributed by atoms with Gasteiger partial charge in [0.1, 0.15) is 5.75 Å². The molecular formula is C19H31N3O2. The van der Waals surface area contributed by atoms with Crippen LogP contribution >= 0.6 is 0 Å². The second kappa shape index (κ2) is 8.92. The third-order valence-electron chi connectivity index (χ3n) is 4.34. The molecule has 1 atom stereocenters. The van der Waals surface area contributed by atoms with Crippen LogP contribution in [0, 0.1) is 6.92 Å². The summed E-state index contributed by atoms with van der Waals surface area (Å²) in [5.41, 5.74) is 2.35. The van der Waals surface area contributed by atoms with Gasteiger partial charge in [-0.15, -0.1) is 0 Å². The van der Waals surface area contributed by atoms with Crippen LogP contribution in [0.1, 0.15) is 37.8 Å². The van der Waals surface area contributed by atoms with Crippen LogP contribution < -0.4 is 15.4 Å². The first-order valence-electron chi connectivity index (χ1n) is 8.86. The molecule has 0 saturated carbocycles. The van der Waals surface area contributed by atoms with Gasteiger partial charge in [0.05, 0.1) is 19.3 Å². The molecule has 1 heterocycles. The summed E-state index contributed by atoms with van der Waals surface area (Å²) in [5.74, 6) is 1.79. The second-order valence-corrected chi connectivity index (χ2v) is 6.59. The van der Waals surface area contributed by atoms with E-state index in [9.17, 15) is 0 Å². The molecule has 24 heavy (non-hydrogen) atoms. The zero-order valence-corrected chi connectivity index (χ0v) is 15.4. The summed E-state index contributed by atoms with van der Waals surface area (Å²) < 4.78 is 11.3. The number of guanidine groups is 1. The van der Waals surface area contributed by atoms with Crippen molar-refractivity contribution in [2.75, 3.05) is 33.4 Å². The van der Waals surface area contributed by atoms with Gasteiger partial charge in [0.15, 0.2) is 5.96 Å². The monoisotopic (exact) mass is 333 g/mol. The Morgan fingerprint density at radius 2 is 2.21 bits per heavy atom. The lowest BCUT2D eigenvalue weighted by Gasteiger charge is -2.21. The van der Waals surface area contributed by atoms with Gasteiger partial charge in [-0.2, -0.15) is 0 Å². The number of rotatable bonds is 7. The Morgan fingerprint density at radius 1 is 1.38 bits per heavy atom. The normalized spacial score (nSPS) is 20.9. The van der Waals surface area contributed by atoms with Crippen LogP contribution in [0.25, 0.3) is 0 Å². The highest BCUT2D eigenvalue weighted by Gasteiger charge is 2.29. The van der Waals surface area contributed by atoms with E-state index in [0.29, 0.717) is 6.54 Å². The van der Waals surface area contributed by atoms with Gasteiger partial charge in [-0.25, -0.2) is 0 Å². The lowest BCUT2D eigenvalue weighted by molar-refractivity contribution is 0.0283. The number of aryl methyl sites for hydroxylation is 1. The highest BCUT2D eigenvalue weighted by Crippen LogP contribution is 2.25. The Labute approximate surface area is 145 Å². The number of hydrogen-bond acceptors (Lipinski definition) is 3. The maximum atomic E-state index is 5.81. The van der Waals surface area contributed by atoms with Crippen LogP contribution in [0.15, 0.2) is 23.2 Å². The molecule has 1 aromatic carbocycles. The van der Waals surface area contributed by atoms with Crippen molar-refractivity contribution < 1.29 is 9.47 Å². The van der Waals surface area contributed by atoms with E-state index in [-0.39, 0.29) is 5.60 Å². The molecule has 5 nitrogen and oxygen atoms in total. The molecule has 0 radical (unpaired) electrons. The predicted octanol–water partition coefficient (Wildman–Crippen LogP) is 2.67. The summed E-state index contributed by atoms with van der Waals surface area (Å²) in [6.45, 7) is 9.52. The van der Waals surface area contributed by atoms with Gasteiger partial charge in [0.2, 0.25) is 0 Å². The standard InChI is InChI=1S/C19H31N3O2/c1-5-20-18(22-14-19(3)10-6-12-24-19)21-11-9-16-13-15(2)7-8-17(16)23-4/h7-8,13H,5-6,9-12,14H2,1-4H3,(H2,20,21,22). The molecule has 2 N–H and O–H groups in total. The molecule has 0 amide bonds. The van der Waals surface area contributed by atoms with Crippen LogP contribution in [0.5, 0.6) is 5.75 Å². The van der Waals surface area contributed by atoms with Crippen LogP contribution in [0.3, 0.4) is 0 Å². The molecule has 0 spiro atoms. The number of benzene rings is 1. The average Bonchev–Trinajstić information content (AvgIpc) is 3.00. The fourth-order valence-electron chi connectivity index (χ4n) is 2.97. The first kappa shape index (κ1) is 18.6. The van der Waals surface area contributed by atoms with Gasteiger partial charge < -0.3 is 20.1 Å². The number of aliphatic imine (C=N–C) groups is 1. The van der Waals surface area contributed by atoms with Crippen molar-refractivity contribution in [1.82, 2.24) is 10.6 Å². The molecule has 1 aliphatic heterocycles. The minimum absolute atomic E-state index is 0.109. The molecule has 134 valence electrons. The highest BCUT2D eigenvalue weighted by atomic mass is 16.5. The Bertz CT molecular complexity index is 552. The SMILES string of the molecule is CCNC(=NCC1(C)CCCO1)NCCc1cc(C)ccc1OC. The minimum atomic E-state index is -0.109. The number of hydrogen-bond donors (Lipinski definition) is 2. The topological polar surface area (TPSA) is 54.9 Å². The minimum Gasteiger partial charge on any atom is -0.496 e. The Balaban J connectivity index is 1.90. The Hall–Kier alpha value is -1.75. The lowest BCUT2D eigenvalue weighted by atomic mass is 10.0. The van der Waals surface area contributed by atoms with Crippen LogP contribution in [0.4, 0.5) is 0 Å². The number of methoxy groups -OCH3 is 1. The summed E-state index contributed by atoms with van der Waals surface area (Å²) in [4.78, 5) is 4.70. The first-order chi connectivity index (χ1) is 11.6. The van der Waals surface area contributed by atoms with Crippen molar-refractivity contribution in [1.29, 1.82) is 0 Å². The van der Waals surface area contributed by atoms with Crippen molar-refractivity contribution in [3.05, 3.63) is 29.3 Å². The largest absolute Gasteiger partial charge is 0.496 e. The van der Waals surface area contributed by atoms with Gasteiger partial charge in [-0.3, -0.25) is 4.99 Å². The summed E-state index contributed by atoms with van der Waals surface area (Å²) in [7, 11) is 1.72. The molecule has 5 heteroatoms. The highest BCUT2D eigenvalue weighted by molar-refractivity contribution is 5.79. The molecule has 1 unspecified atom stereocenters. The molecule has 1 aliphatic rings. The number of nitrogens with one attached hydrogen (secondary N) is 2. The van der Waals surface area contributed by atoms with Gasteiger partial charge in [0, 0.05) is 19.7 Å². The molecule has 0 bridgehead atoms. The Morgan fingerprint density at radius 3 is 2.88 bits per heavy atom. The van der Waals surface area contributed by atoms with Gasteiger partial charge in [-0.1, -0.05) is 17.7 Å². The van der Waals surface area contributed by atoms with Crippen LogP contribution in [-0.4, -0.2) is 44.9 Å². The molecule has 1 aromatic rings. The van der Waals surface area contributed by atoms with E-state index in [4.69, 9.17) is 14.5 Å². The summed E-state index contributed by atoms with van der Waals surface area (Å²) >= 11 is 0. The van der Waals surface area contributed by atoms with Gasteiger partial charge in [0.25, 0.3) is 0 Å². The third kappa shape index (κ3) is 5.41. The summed E-state index contributed by atoms with van der Waals surface area (Å²) in [6, 6.07) is 6.28. The van der Waals surface area contributed by atoms with E-state index >= 15 is 0 Å². The molecule has 1 saturated heterocycles. The maximum Gasteiger partial charge on any atom is 0.191 e. The van der Waals surface area contributed by atoms with Crippen molar-refractivity contribution in [2.24, 2.45) is 4.99 Å². The zero-order valence-electron chi connectivity index (χ0n) is 15.4. The predicted molar refractivity (Wildman–Crippen MR) is 99.0 cm³/mol. The molecule has 1 fully saturated rings. The lowest BCUT2D eigenvalue weighted by Crippen LogP contribution is -2.40. The van der Waals surface area contributed by atoms with Gasteiger partial charge >= 0.3 is 0 Å². The van der Waals surface area contributed by atoms with E-state index in [1.807, 2.05) is 6.07 Å². The van der Waals surface area contributed by atoms with Crippen molar-refractivity contribution in [2.45, 2.75) is 45.6 Å². The average molecular weight is 333 g/mol. The van der Waals surface area contributed by atoms with Crippen molar-refractivity contribution >= 4 is 5.96 Å². The summed E-state index contributed by atoms with van der Waals surface area (Å²) in [5, 5.41) is 6.71.